The summed E-state index contributed by atoms with van der Waals surface area (Å²) in [5.41, 5.74) is 7.13. The van der Waals surface area contributed by atoms with E-state index in [0.717, 1.165) is 5.56 Å². The molecule has 0 fully saturated rings. The summed E-state index contributed by atoms with van der Waals surface area (Å²) in [6, 6.07) is 7.27. The van der Waals surface area contributed by atoms with Crippen LogP contribution in [-0.2, 0) is 11.3 Å². The molecule has 0 aromatic heterocycles. The highest BCUT2D eigenvalue weighted by Crippen LogP contribution is 2.03. The molecule has 0 saturated carbocycles. The normalized spacial score (nSPS) is 12.1. The smallest absolute Gasteiger partial charge is 0.146 e. The lowest BCUT2D eigenvalue weighted by Gasteiger charge is -2.10. The molecule has 0 amide bonds. The van der Waals surface area contributed by atoms with Crippen molar-refractivity contribution >= 4 is 11.6 Å². The van der Waals surface area contributed by atoms with Crippen molar-refractivity contribution in [2.24, 2.45) is 5.73 Å². The van der Waals surface area contributed by atoms with E-state index >= 15 is 0 Å². The number of rotatable bonds is 5. The second kappa shape index (κ2) is 5.42. The Morgan fingerprint density at radius 2 is 2.00 bits per heavy atom. The van der Waals surface area contributed by atoms with Gasteiger partial charge < -0.3 is 11.1 Å². The monoisotopic (exact) mass is 219 g/mol. The number of nitrogens with two attached hydrogens (primary N) is 1. The van der Waals surface area contributed by atoms with E-state index in [0.29, 0.717) is 12.1 Å². The van der Waals surface area contributed by atoms with Gasteiger partial charge in [-0.3, -0.25) is 10.2 Å². The Hall–Kier alpha value is -1.68. The minimum atomic E-state index is -0.132. The number of benzene rings is 1. The first-order valence-electron chi connectivity index (χ1n) is 5.18. The average Bonchev–Trinajstić information content (AvgIpc) is 2.26. The zero-order chi connectivity index (χ0) is 12.1. The van der Waals surface area contributed by atoms with E-state index in [1.165, 1.54) is 0 Å². The largest absolute Gasteiger partial charge is 0.384 e. The molecule has 0 bridgehead atoms. The highest BCUT2D eigenvalue weighted by Gasteiger charge is 2.05. The van der Waals surface area contributed by atoms with E-state index in [9.17, 15) is 4.79 Å². The molecule has 0 heterocycles. The Labute approximate surface area is 95.4 Å². The van der Waals surface area contributed by atoms with Gasteiger partial charge in [0.2, 0.25) is 0 Å². The molecule has 0 radical (unpaired) electrons. The number of hydrogen-bond donors (Lipinski definition) is 3. The number of hydrogen-bond acceptors (Lipinski definition) is 3. The van der Waals surface area contributed by atoms with Gasteiger partial charge >= 0.3 is 0 Å². The van der Waals surface area contributed by atoms with Crippen molar-refractivity contribution in [2.45, 2.75) is 26.4 Å². The van der Waals surface area contributed by atoms with Gasteiger partial charge in [-0.1, -0.05) is 24.3 Å². The lowest BCUT2D eigenvalue weighted by molar-refractivity contribution is -0.118. The standard InChI is InChI=1S/C12H17N3O/c1-8(9(2)16)15-7-10-3-5-11(6-4-10)12(13)14/h3-6,8,15H,7H2,1-2H3,(H3,13,14). The van der Waals surface area contributed by atoms with Crippen LogP contribution in [0.1, 0.15) is 25.0 Å². The van der Waals surface area contributed by atoms with Crippen LogP contribution in [0.25, 0.3) is 0 Å². The van der Waals surface area contributed by atoms with Gasteiger partial charge in [-0.25, -0.2) is 0 Å². The Kier molecular flexibility index (Phi) is 4.19. The molecular formula is C12H17N3O. The van der Waals surface area contributed by atoms with Gasteiger partial charge in [-0.2, -0.15) is 0 Å². The van der Waals surface area contributed by atoms with Crippen LogP contribution in [0.5, 0.6) is 0 Å². The average molecular weight is 219 g/mol. The summed E-state index contributed by atoms with van der Waals surface area (Å²) in [5.74, 6) is 0.192. The third-order valence-corrected chi connectivity index (χ3v) is 2.49. The number of carbonyl (C=O) groups excluding carboxylic acids is 1. The maximum absolute atomic E-state index is 11.0. The maximum atomic E-state index is 11.0. The Bertz CT molecular complexity index is 384. The lowest BCUT2D eigenvalue weighted by atomic mass is 10.1. The van der Waals surface area contributed by atoms with Crippen molar-refractivity contribution in [1.82, 2.24) is 5.32 Å². The molecule has 1 atom stereocenters. The van der Waals surface area contributed by atoms with E-state index in [2.05, 4.69) is 5.32 Å². The molecule has 4 heteroatoms. The molecule has 1 unspecified atom stereocenters. The highest BCUT2D eigenvalue weighted by atomic mass is 16.1. The van der Waals surface area contributed by atoms with Gasteiger partial charge in [0, 0.05) is 12.1 Å². The van der Waals surface area contributed by atoms with Crippen LogP contribution in [-0.4, -0.2) is 17.7 Å². The van der Waals surface area contributed by atoms with Crippen molar-refractivity contribution in [3.8, 4) is 0 Å². The SMILES string of the molecule is CC(=O)C(C)NCc1ccc(C(=N)N)cc1. The number of Topliss-reactive ketones (excluding diaryl/α,β-unsaturated/α-hetero) is 1. The van der Waals surface area contributed by atoms with E-state index in [4.69, 9.17) is 11.1 Å². The molecule has 86 valence electrons. The van der Waals surface area contributed by atoms with Crippen LogP contribution < -0.4 is 11.1 Å². The predicted molar refractivity (Wildman–Crippen MR) is 64.4 cm³/mol. The first-order valence-corrected chi connectivity index (χ1v) is 5.18. The summed E-state index contributed by atoms with van der Waals surface area (Å²) in [4.78, 5) is 11.0. The minimum Gasteiger partial charge on any atom is -0.384 e. The summed E-state index contributed by atoms with van der Waals surface area (Å²) < 4.78 is 0. The molecular weight excluding hydrogens is 202 g/mol. The van der Waals surface area contributed by atoms with Gasteiger partial charge in [0.25, 0.3) is 0 Å². The Balaban J connectivity index is 2.56. The number of nitrogen functional groups attached to an aromatic ring is 1. The molecule has 0 aliphatic heterocycles. The molecule has 4 nitrogen and oxygen atoms in total. The zero-order valence-corrected chi connectivity index (χ0v) is 9.58. The molecule has 0 spiro atoms. The fourth-order valence-corrected chi connectivity index (χ4v) is 1.22. The topological polar surface area (TPSA) is 79.0 Å². The van der Waals surface area contributed by atoms with Crippen LogP contribution in [0.2, 0.25) is 0 Å². The molecule has 1 rings (SSSR count). The molecule has 1 aromatic rings. The van der Waals surface area contributed by atoms with E-state index in [-0.39, 0.29) is 17.7 Å². The van der Waals surface area contributed by atoms with Gasteiger partial charge in [-0.15, -0.1) is 0 Å². The van der Waals surface area contributed by atoms with Crippen molar-refractivity contribution < 1.29 is 4.79 Å². The molecule has 0 aliphatic rings. The number of ketones is 1. The summed E-state index contributed by atoms with van der Waals surface area (Å²) in [6.07, 6.45) is 0. The predicted octanol–water partition coefficient (Wildman–Crippen LogP) is 1.04. The van der Waals surface area contributed by atoms with Crippen molar-refractivity contribution in [1.29, 1.82) is 5.41 Å². The molecule has 4 N–H and O–H groups in total. The minimum absolute atomic E-state index is 0.0663. The summed E-state index contributed by atoms with van der Waals surface area (Å²) in [6.45, 7) is 4.04. The van der Waals surface area contributed by atoms with Crippen LogP contribution >= 0.6 is 0 Å². The summed E-state index contributed by atoms with van der Waals surface area (Å²) >= 11 is 0. The van der Waals surface area contributed by atoms with Gasteiger partial charge in [-0.05, 0) is 19.4 Å². The van der Waals surface area contributed by atoms with Crippen molar-refractivity contribution in [3.05, 3.63) is 35.4 Å². The van der Waals surface area contributed by atoms with Crippen LogP contribution in [0.4, 0.5) is 0 Å². The lowest BCUT2D eigenvalue weighted by Crippen LogP contribution is -2.31. The second-order valence-electron chi connectivity index (χ2n) is 3.82. The van der Waals surface area contributed by atoms with Crippen molar-refractivity contribution in [2.75, 3.05) is 0 Å². The van der Waals surface area contributed by atoms with E-state index in [1.54, 1.807) is 19.1 Å². The quantitative estimate of drug-likeness (QED) is 0.511. The fourth-order valence-electron chi connectivity index (χ4n) is 1.22. The van der Waals surface area contributed by atoms with Crippen LogP contribution in [0.15, 0.2) is 24.3 Å². The number of carbonyl (C=O) groups is 1. The summed E-state index contributed by atoms with van der Waals surface area (Å²) in [5, 5.41) is 10.4. The van der Waals surface area contributed by atoms with E-state index < -0.39 is 0 Å². The Morgan fingerprint density at radius 3 is 2.44 bits per heavy atom. The second-order valence-corrected chi connectivity index (χ2v) is 3.82. The highest BCUT2D eigenvalue weighted by molar-refractivity contribution is 5.94. The number of amidine groups is 1. The first-order chi connectivity index (χ1) is 7.50. The molecule has 1 aromatic carbocycles. The Morgan fingerprint density at radius 1 is 1.44 bits per heavy atom. The summed E-state index contributed by atoms with van der Waals surface area (Å²) in [7, 11) is 0. The molecule has 0 saturated heterocycles. The van der Waals surface area contributed by atoms with Crippen molar-refractivity contribution in [3.63, 3.8) is 0 Å². The maximum Gasteiger partial charge on any atom is 0.146 e. The number of nitrogens with one attached hydrogen (secondary N) is 2. The first kappa shape index (κ1) is 12.4. The fraction of sp³-hybridized carbons (Fsp3) is 0.333. The van der Waals surface area contributed by atoms with Gasteiger partial charge in [0.15, 0.2) is 0 Å². The van der Waals surface area contributed by atoms with Gasteiger partial charge in [0.05, 0.1) is 6.04 Å². The molecule has 0 aliphatic carbocycles. The third kappa shape index (κ3) is 3.47. The van der Waals surface area contributed by atoms with E-state index in [1.807, 2.05) is 19.1 Å². The van der Waals surface area contributed by atoms with Crippen LogP contribution in [0, 0.1) is 5.41 Å². The molecule has 16 heavy (non-hydrogen) atoms. The van der Waals surface area contributed by atoms with Gasteiger partial charge in [0.1, 0.15) is 11.6 Å². The zero-order valence-electron chi connectivity index (χ0n) is 9.58. The van der Waals surface area contributed by atoms with Crippen LogP contribution in [0.3, 0.4) is 0 Å². The third-order valence-electron chi connectivity index (χ3n) is 2.49.